The molecule has 0 aliphatic carbocycles. The average molecular weight is 402 g/mol. The smallest absolute Gasteiger partial charge is 0.127 e. The van der Waals surface area contributed by atoms with Crippen molar-refractivity contribution in [2.24, 2.45) is 0 Å². The molecule has 2 aromatic carbocycles. The normalized spacial score (nSPS) is 20.0. The highest BCUT2D eigenvalue weighted by atomic mass is 35.5. The number of hydrogen-bond donors (Lipinski definition) is 2. The second-order valence-corrected chi connectivity index (χ2v) is 8.64. The van der Waals surface area contributed by atoms with Crippen LogP contribution in [0.2, 0.25) is 0 Å². The number of phenolic OH excluding ortho intramolecular Hbond substituents is 1. The largest absolute Gasteiger partial charge is 0.507 e. The summed E-state index contributed by atoms with van der Waals surface area (Å²) in [4.78, 5) is 0. The summed E-state index contributed by atoms with van der Waals surface area (Å²) < 4.78 is 6.78. The highest BCUT2D eigenvalue weighted by Gasteiger charge is 2.51. The van der Waals surface area contributed by atoms with Gasteiger partial charge in [-0.05, 0) is 67.6 Å². The lowest BCUT2D eigenvalue weighted by Crippen LogP contribution is -2.48. The Kier molecular flexibility index (Phi) is 5.71. The second kappa shape index (κ2) is 7.61. The van der Waals surface area contributed by atoms with Crippen LogP contribution < -0.4 is 10.1 Å². The van der Waals surface area contributed by atoms with Crippen LogP contribution in [0.5, 0.6) is 11.5 Å². The first-order valence-electron chi connectivity index (χ1n) is 10.2. The van der Waals surface area contributed by atoms with Crippen LogP contribution in [0.4, 0.5) is 0 Å². The Morgan fingerprint density at radius 1 is 1.00 bits per heavy atom. The number of halogens is 1. The summed E-state index contributed by atoms with van der Waals surface area (Å²) in [6, 6.07) is 9.05. The Morgan fingerprint density at radius 2 is 1.61 bits per heavy atom. The topological polar surface area (TPSA) is 41.5 Å². The van der Waals surface area contributed by atoms with Crippen LogP contribution in [0.3, 0.4) is 0 Å². The average Bonchev–Trinajstić information content (AvgIpc) is 2.99. The molecule has 2 aliphatic rings. The first-order valence-corrected chi connectivity index (χ1v) is 10.2. The summed E-state index contributed by atoms with van der Waals surface area (Å²) >= 11 is 0. The van der Waals surface area contributed by atoms with Crippen molar-refractivity contribution in [3.63, 3.8) is 0 Å². The third-order valence-corrected chi connectivity index (χ3v) is 6.77. The van der Waals surface area contributed by atoms with Crippen molar-refractivity contribution in [1.82, 2.24) is 5.32 Å². The minimum Gasteiger partial charge on any atom is -0.507 e. The van der Waals surface area contributed by atoms with Gasteiger partial charge in [0.05, 0.1) is 5.92 Å². The maximum atomic E-state index is 10.8. The molecule has 0 aromatic heterocycles. The lowest BCUT2D eigenvalue weighted by atomic mass is 9.72. The Balaban J connectivity index is 0.00000225. The summed E-state index contributed by atoms with van der Waals surface area (Å²) in [6.07, 6.45) is 1.97. The van der Waals surface area contributed by atoms with E-state index < -0.39 is 0 Å². The minimum atomic E-state index is -0.220. The molecule has 2 heterocycles. The molecule has 1 atom stereocenters. The predicted octanol–water partition coefficient (Wildman–Crippen LogP) is 5.51. The van der Waals surface area contributed by atoms with E-state index >= 15 is 0 Å². The number of phenols is 1. The molecule has 0 saturated carbocycles. The lowest BCUT2D eigenvalue weighted by Gasteiger charge is -2.38. The third-order valence-electron chi connectivity index (χ3n) is 6.77. The van der Waals surface area contributed by atoms with Crippen LogP contribution in [0.25, 0.3) is 0 Å². The Morgan fingerprint density at radius 3 is 2.18 bits per heavy atom. The van der Waals surface area contributed by atoms with Crippen molar-refractivity contribution < 1.29 is 9.84 Å². The Hall–Kier alpha value is -1.71. The highest BCUT2D eigenvalue weighted by molar-refractivity contribution is 5.85. The van der Waals surface area contributed by atoms with E-state index in [1.165, 1.54) is 16.7 Å². The zero-order valence-corrected chi connectivity index (χ0v) is 18.4. The number of ether oxygens (including phenoxy) is 1. The van der Waals surface area contributed by atoms with Crippen LogP contribution in [-0.2, 0) is 0 Å². The molecule has 0 bridgehead atoms. The molecular formula is C24H32ClNO2. The van der Waals surface area contributed by atoms with E-state index in [2.05, 4.69) is 50.4 Å². The van der Waals surface area contributed by atoms with Crippen LogP contribution in [-0.4, -0.2) is 23.8 Å². The summed E-state index contributed by atoms with van der Waals surface area (Å²) in [5, 5.41) is 14.2. The molecule has 152 valence electrons. The number of piperidine rings is 1. The summed E-state index contributed by atoms with van der Waals surface area (Å²) in [7, 11) is 0. The molecule has 2 aromatic rings. The summed E-state index contributed by atoms with van der Waals surface area (Å²) in [5.74, 6) is 2.11. The monoisotopic (exact) mass is 401 g/mol. The fraction of sp³-hybridized carbons (Fsp3) is 0.500. The van der Waals surface area contributed by atoms with Gasteiger partial charge in [-0.1, -0.05) is 38.1 Å². The second-order valence-electron chi connectivity index (χ2n) is 8.64. The van der Waals surface area contributed by atoms with Crippen molar-refractivity contribution >= 4 is 12.4 Å². The molecular weight excluding hydrogens is 370 g/mol. The van der Waals surface area contributed by atoms with Gasteiger partial charge in [0.25, 0.3) is 0 Å². The van der Waals surface area contributed by atoms with Gasteiger partial charge < -0.3 is 15.2 Å². The van der Waals surface area contributed by atoms with Gasteiger partial charge >= 0.3 is 0 Å². The zero-order valence-electron chi connectivity index (χ0n) is 17.6. The molecule has 1 spiro atoms. The van der Waals surface area contributed by atoms with Crippen LogP contribution in [0, 0.1) is 20.8 Å². The number of benzene rings is 2. The fourth-order valence-electron chi connectivity index (χ4n) is 4.92. The van der Waals surface area contributed by atoms with Crippen molar-refractivity contribution in [1.29, 1.82) is 0 Å². The van der Waals surface area contributed by atoms with Crippen LogP contribution in [0.1, 0.15) is 71.9 Å². The standard InChI is InChI=1S/C24H31NO2.ClH/c1-14(2)18-6-8-19(9-7-18)21-20-17(5)22(26)15(3)16(4)23(20)27-24(21)10-12-25-13-11-24;/h6-9,14,21,25-26H,10-13H2,1-5H3;1H. The summed E-state index contributed by atoms with van der Waals surface area (Å²) in [6.45, 7) is 12.5. The molecule has 0 amide bonds. The van der Waals surface area contributed by atoms with Crippen LogP contribution in [0.15, 0.2) is 24.3 Å². The van der Waals surface area contributed by atoms with E-state index in [9.17, 15) is 5.11 Å². The van der Waals surface area contributed by atoms with Gasteiger partial charge in [-0.25, -0.2) is 0 Å². The molecule has 1 fully saturated rings. The molecule has 4 rings (SSSR count). The molecule has 2 aliphatic heterocycles. The predicted molar refractivity (Wildman–Crippen MR) is 117 cm³/mol. The zero-order chi connectivity index (χ0) is 19.3. The van der Waals surface area contributed by atoms with Gasteiger partial charge in [0.1, 0.15) is 17.1 Å². The maximum Gasteiger partial charge on any atom is 0.127 e. The first kappa shape index (κ1) is 21.0. The number of fused-ring (bicyclic) bond motifs is 1. The summed E-state index contributed by atoms with van der Waals surface area (Å²) in [5.41, 5.74) is 6.61. The van der Waals surface area contributed by atoms with Crippen molar-refractivity contribution in [2.75, 3.05) is 13.1 Å². The van der Waals surface area contributed by atoms with Crippen molar-refractivity contribution in [3.05, 3.63) is 57.6 Å². The molecule has 2 N–H and O–H groups in total. The Labute approximate surface area is 174 Å². The van der Waals surface area contributed by atoms with Crippen LogP contribution >= 0.6 is 12.4 Å². The minimum absolute atomic E-state index is 0. The van der Waals surface area contributed by atoms with E-state index in [0.29, 0.717) is 11.7 Å². The van der Waals surface area contributed by atoms with Crippen molar-refractivity contribution in [3.8, 4) is 11.5 Å². The van der Waals surface area contributed by atoms with Gasteiger partial charge in [-0.3, -0.25) is 0 Å². The first-order chi connectivity index (χ1) is 12.9. The quantitative estimate of drug-likeness (QED) is 0.697. The maximum absolute atomic E-state index is 10.8. The van der Waals surface area contributed by atoms with E-state index in [0.717, 1.165) is 48.4 Å². The molecule has 3 nitrogen and oxygen atoms in total. The van der Waals surface area contributed by atoms with E-state index in [4.69, 9.17) is 4.74 Å². The highest BCUT2D eigenvalue weighted by Crippen LogP contribution is 2.56. The molecule has 1 unspecified atom stereocenters. The van der Waals surface area contributed by atoms with Gasteiger partial charge in [0.2, 0.25) is 0 Å². The van der Waals surface area contributed by atoms with Gasteiger partial charge in [0, 0.05) is 18.4 Å². The van der Waals surface area contributed by atoms with E-state index in [1.54, 1.807) is 0 Å². The SMILES string of the molecule is Cc1c(C)c2c(c(C)c1O)C(c1ccc(C(C)C)cc1)C1(CCNCC1)O2.Cl. The molecule has 28 heavy (non-hydrogen) atoms. The number of nitrogens with one attached hydrogen (secondary N) is 1. The lowest BCUT2D eigenvalue weighted by molar-refractivity contribution is 0.0451. The number of aromatic hydroxyl groups is 1. The fourth-order valence-corrected chi connectivity index (χ4v) is 4.92. The molecule has 1 saturated heterocycles. The van der Waals surface area contributed by atoms with Gasteiger partial charge in [-0.2, -0.15) is 0 Å². The number of hydrogen-bond acceptors (Lipinski definition) is 3. The van der Waals surface area contributed by atoms with Gasteiger partial charge in [-0.15, -0.1) is 12.4 Å². The van der Waals surface area contributed by atoms with Gasteiger partial charge in [0.15, 0.2) is 0 Å². The molecule has 4 heteroatoms. The van der Waals surface area contributed by atoms with Crippen molar-refractivity contribution in [2.45, 2.75) is 64.9 Å². The number of rotatable bonds is 2. The molecule has 0 radical (unpaired) electrons. The van der Waals surface area contributed by atoms with E-state index in [-0.39, 0.29) is 23.9 Å². The third kappa shape index (κ3) is 3.09. The van der Waals surface area contributed by atoms with E-state index in [1.807, 2.05) is 13.8 Å². The Bertz CT molecular complexity index is 867.